The second kappa shape index (κ2) is 10.2. The standard InChI is InChI=1S/C17H26N4O5S/c1-2-26-10-3-9-18-17(20-15-8-11-27(24,25)13-15)19-12-14-4-6-16(7-5-14)21(22)23/h4-7,15H,2-3,8-13H2,1H3,(H2,18,19,20). The predicted octanol–water partition coefficient (Wildman–Crippen LogP) is 1.24. The van der Waals surface area contributed by atoms with E-state index in [0.717, 1.165) is 12.0 Å². The summed E-state index contributed by atoms with van der Waals surface area (Å²) in [5.74, 6) is 0.821. The zero-order valence-electron chi connectivity index (χ0n) is 15.4. The summed E-state index contributed by atoms with van der Waals surface area (Å²) >= 11 is 0. The molecule has 1 aliphatic heterocycles. The van der Waals surface area contributed by atoms with E-state index in [9.17, 15) is 18.5 Å². The van der Waals surface area contributed by atoms with Crippen LogP contribution < -0.4 is 10.6 Å². The van der Waals surface area contributed by atoms with Gasteiger partial charge in [0.1, 0.15) is 0 Å². The normalized spacial score (nSPS) is 19.0. The highest BCUT2D eigenvalue weighted by atomic mass is 32.2. The summed E-state index contributed by atoms with van der Waals surface area (Å²) < 4.78 is 28.6. The van der Waals surface area contributed by atoms with Crippen molar-refractivity contribution in [2.75, 3.05) is 31.3 Å². The summed E-state index contributed by atoms with van der Waals surface area (Å²) in [6.07, 6.45) is 1.36. The van der Waals surface area contributed by atoms with Crippen LogP contribution in [0.2, 0.25) is 0 Å². The van der Waals surface area contributed by atoms with E-state index in [1.54, 1.807) is 12.1 Å². The van der Waals surface area contributed by atoms with E-state index in [0.29, 0.717) is 38.7 Å². The zero-order chi connectivity index (χ0) is 19.7. The van der Waals surface area contributed by atoms with Crippen molar-refractivity contribution < 1.29 is 18.1 Å². The molecule has 0 bridgehead atoms. The summed E-state index contributed by atoms with van der Waals surface area (Å²) in [6.45, 7) is 4.21. The van der Waals surface area contributed by atoms with E-state index in [1.165, 1.54) is 12.1 Å². The molecule has 10 heteroatoms. The minimum atomic E-state index is -2.98. The third kappa shape index (κ3) is 7.51. The van der Waals surface area contributed by atoms with Crippen molar-refractivity contribution in [3.05, 3.63) is 39.9 Å². The first-order chi connectivity index (χ1) is 12.9. The first-order valence-corrected chi connectivity index (χ1v) is 10.8. The molecule has 2 rings (SSSR count). The van der Waals surface area contributed by atoms with Gasteiger partial charge in [0.15, 0.2) is 15.8 Å². The molecule has 9 nitrogen and oxygen atoms in total. The number of sulfone groups is 1. The Labute approximate surface area is 159 Å². The van der Waals surface area contributed by atoms with Crippen molar-refractivity contribution in [1.82, 2.24) is 10.6 Å². The molecular weight excluding hydrogens is 372 g/mol. The molecule has 1 aliphatic rings. The van der Waals surface area contributed by atoms with Gasteiger partial charge in [-0.15, -0.1) is 0 Å². The van der Waals surface area contributed by atoms with Crippen LogP contribution in [0.3, 0.4) is 0 Å². The quantitative estimate of drug-likeness (QED) is 0.211. The zero-order valence-corrected chi connectivity index (χ0v) is 16.2. The predicted molar refractivity (Wildman–Crippen MR) is 104 cm³/mol. The average molecular weight is 398 g/mol. The molecule has 2 N–H and O–H groups in total. The molecule has 1 aromatic rings. The highest BCUT2D eigenvalue weighted by molar-refractivity contribution is 7.91. The molecule has 0 saturated carbocycles. The lowest BCUT2D eigenvalue weighted by Gasteiger charge is -2.16. The van der Waals surface area contributed by atoms with Gasteiger partial charge in [-0.25, -0.2) is 13.4 Å². The third-order valence-electron chi connectivity index (χ3n) is 4.10. The van der Waals surface area contributed by atoms with Gasteiger partial charge in [0.2, 0.25) is 0 Å². The maximum Gasteiger partial charge on any atom is 0.269 e. The number of rotatable bonds is 9. The molecule has 150 valence electrons. The van der Waals surface area contributed by atoms with Crippen LogP contribution in [0.4, 0.5) is 5.69 Å². The van der Waals surface area contributed by atoms with Crippen molar-refractivity contribution in [1.29, 1.82) is 0 Å². The Hall–Kier alpha value is -2.20. The maximum absolute atomic E-state index is 11.6. The van der Waals surface area contributed by atoms with Crippen molar-refractivity contribution in [2.24, 2.45) is 4.99 Å². The Morgan fingerprint density at radius 1 is 1.37 bits per heavy atom. The second-order valence-electron chi connectivity index (χ2n) is 6.31. The van der Waals surface area contributed by atoms with E-state index in [-0.39, 0.29) is 23.2 Å². The fourth-order valence-corrected chi connectivity index (χ4v) is 4.35. The van der Waals surface area contributed by atoms with Crippen molar-refractivity contribution in [3.63, 3.8) is 0 Å². The number of ether oxygens (including phenoxy) is 1. The minimum Gasteiger partial charge on any atom is -0.382 e. The number of nitrogens with one attached hydrogen (secondary N) is 2. The van der Waals surface area contributed by atoms with Crippen LogP contribution in [-0.2, 0) is 21.1 Å². The van der Waals surface area contributed by atoms with Crippen LogP contribution in [0, 0.1) is 10.1 Å². The molecule has 1 fully saturated rings. The van der Waals surface area contributed by atoms with E-state index in [4.69, 9.17) is 4.74 Å². The SMILES string of the molecule is CCOCCCNC(=NCc1ccc([N+](=O)[O-])cc1)NC1CCS(=O)(=O)C1. The Balaban J connectivity index is 1.96. The van der Waals surface area contributed by atoms with Gasteiger partial charge < -0.3 is 15.4 Å². The van der Waals surface area contributed by atoms with Gasteiger partial charge in [-0.2, -0.15) is 0 Å². The maximum atomic E-state index is 11.6. The van der Waals surface area contributed by atoms with Crippen molar-refractivity contribution in [3.8, 4) is 0 Å². The molecule has 0 aromatic heterocycles. The highest BCUT2D eigenvalue weighted by Gasteiger charge is 2.28. The number of guanidine groups is 1. The Bertz CT molecular complexity index is 749. The smallest absolute Gasteiger partial charge is 0.269 e. The molecule has 1 heterocycles. The van der Waals surface area contributed by atoms with Crippen LogP contribution in [0.5, 0.6) is 0 Å². The topological polar surface area (TPSA) is 123 Å². The van der Waals surface area contributed by atoms with Crippen LogP contribution in [0.15, 0.2) is 29.3 Å². The molecule has 0 radical (unpaired) electrons. The van der Waals surface area contributed by atoms with E-state index < -0.39 is 14.8 Å². The Morgan fingerprint density at radius 2 is 2.11 bits per heavy atom. The molecule has 1 atom stereocenters. The largest absolute Gasteiger partial charge is 0.382 e. The molecule has 1 saturated heterocycles. The summed E-state index contributed by atoms with van der Waals surface area (Å²) in [6, 6.07) is 6.04. The Kier molecular flexibility index (Phi) is 7.99. The number of nitro groups is 1. The van der Waals surface area contributed by atoms with Crippen molar-refractivity contribution >= 4 is 21.5 Å². The molecule has 27 heavy (non-hydrogen) atoms. The Morgan fingerprint density at radius 3 is 2.70 bits per heavy atom. The number of benzene rings is 1. The van der Waals surface area contributed by atoms with Gasteiger partial charge in [-0.05, 0) is 25.3 Å². The third-order valence-corrected chi connectivity index (χ3v) is 5.87. The van der Waals surface area contributed by atoms with E-state index >= 15 is 0 Å². The van der Waals surface area contributed by atoms with E-state index in [2.05, 4.69) is 15.6 Å². The molecular formula is C17H26N4O5S. The lowest BCUT2D eigenvalue weighted by molar-refractivity contribution is -0.384. The highest BCUT2D eigenvalue weighted by Crippen LogP contribution is 2.13. The van der Waals surface area contributed by atoms with Gasteiger partial charge in [-0.3, -0.25) is 10.1 Å². The summed E-state index contributed by atoms with van der Waals surface area (Å²) in [5.41, 5.74) is 0.862. The second-order valence-corrected chi connectivity index (χ2v) is 8.54. The van der Waals surface area contributed by atoms with E-state index in [1.807, 2.05) is 6.92 Å². The number of nitrogens with zero attached hydrogens (tertiary/aromatic N) is 2. The summed E-state index contributed by atoms with van der Waals surface area (Å²) in [7, 11) is -2.98. The van der Waals surface area contributed by atoms with Gasteiger partial charge >= 0.3 is 0 Å². The number of non-ortho nitro benzene ring substituents is 1. The number of hydrogen-bond acceptors (Lipinski definition) is 6. The fourth-order valence-electron chi connectivity index (χ4n) is 2.67. The molecule has 1 unspecified atom stereocenters. The molecule has 0 spiro atoms. The molecule has 0 amide bonds. The van der Waals surface area contributed by atoms with Crippen LogP contribution >= 0.6 is 0 Å². The summed E-state index contributed by atoms with van der Waals surface area (Å²) in [5, 5.41) is 17.1. The van der Waals surface area contributed by atoms with Crippen molar-refractivity contribution in [2.45, 2.75) is 32.4 Å². The van der Waals surface area contributed by atoms with Crippen LogP contribution in [-0.4, -0.2) is 56.6 Å². The van der Waals surface area contributed by atoms with Gasteiger partial charge in [0, 0.05) is 37.9 Å². The minimum absolute atomic E-state index is 0.0336. The van der Waals surface area contributed by atoms with Crippen LogP contribution in [0.25, 0.3) is 0 Å². The summed E-state index contributed by atoms with van der Waals surface area (Å²) in [4.78, 5) is 14.8. The fraction of sp³-hybridized carbons (Fsp3) is 0.588. The average Bonchev–Trinajstić information content (AvgIpc) is 2.98. The van der Waals surface area contributed by atoms with Crippen LogP contribution in [0.1, 0.15) is 25.3 Å². The molecule has 0 aliphatic carbocycles. The lowest BCUT2D eigenvalue weighted by Crippen LogP contribution is -2.44. The first kappa shape index (κ1) is 21.1. The van der Waals surface area contributed by atoms with Gasteiger partial charge in [0.05, 0.1) is 23.0 Å². The first-order valence-electron chi connectivity index (χ1n) is 8.96. The lowest BCUT2D eigenvalue weighted by atomic mass is 10.2. The number of hydrogen-bond donors (Lipinski definition) is 2. The van der Waals surface area contributed by atoms with Gasteiger partial charge in [0.25, 0.3) is 5.69 Å². The van der Waals surface area contributed by atoms with Gasteiger partial charge in [-0.1, -0.05) is 12.1 Å². The number of aliphatic imine (C=N–C) groups is 1. The number of nitro benzene ring substituents is 1. The molecule has 1 aromatic carbocycles. The monoisotopic (exact) mass is 398 g/mol.